The monoisotopic (exact) mass is 561 g/mol. The van der Waals surface area contributed by atoms with Gasteiger partial charge in [0.1, 0.15) is 0 Å². The van der Waals surface area contributed by atoms with E-state index in [4.69, 9.17) is 0 Å². The molecule has 0 spiro atoms. The van der Waals surface area contributed by atoms with E-state index in [0.717, 1.165) is 0 Å². The highest BCUT2D eigenvalue weighted by Crippen LogP contribution is 2.57. The van der Waals surface area contributed by atoms with Crippen molar-refractivity contribution in [2.45, 2.75) is 0 Å². The topological polar surface area (TPSA) is 0 Å². The number of hydrogen-bond acceptors (Lipinski definition) is 3. The minimum Gasteiger partial charge on any atom is -0.136 e. The second-order valence-corrected chi connectivity index (χ2v) is 13.0. The van der Waals surface area contributed by atoms with Crippen molar-refractivity contribution in [3.05, 3.63) is 148 Å². The molecule has 6 aliphatic rings. The highest BCUT2D eigenvalue weighted by atomic mass is 32.1. The van der Waals surface area contributed by atoms with Crippen LogP contribution in [0.15, 0.2) is 125 Å². The first-order chi connectivity index (χ1) is 19.9. The predicted molar refractivity (Wildman–Crippen MR) is 176 cm³/mol. The van der Waals surface area contributed by atoms with Crippen LogP contribution in [0, 0.1) is 5.92 Å². The summed E-state index contributed by atoms with van der Waals surface area (Å²) in [5.41, 5.74) is 12.0. The van der Waals surface area contributed by atoms with E-state index in [1.807, 2.05) is 34.0 Å². The van der Waals surface area contributed by atoms with E-state index < -0.39 is 0 Å². The van der Waals surface area contributed by atoms with E-state index >= 15 is 0 Å². The van der Waals surface area contributed by atoms with Crippen LogP contribution in [0.4, 0.5) is 0 Å². The molecule has 0 bridgehead atoms. The third-order valence-electron chi connectivity index (χ3n) is 8.21. The van der Waals surface area contributed by atoms with Crippen LogP contribution in [0.3, 0.4) is 0 Å². The molecule has 3 heteroatoms. The second-order valence-electron chi connectivity index (χ2n) is 10.2. The van der Waals surface area contributed by atoms with Gasteiger partial charge in [0.25, 0.3) is 0 Å². The van der Waals surface area contributed by atoms with Crippen molar-refractivity contribution in [2.24, 2.45) is 0 Å². The van der Waals surface area contributed by atoms with Crippen molar-refractivity contribution in [3.63, 3.8) is 0 Å². The summed E-state index contributed by atoms with van der Waals surface area (Å²) in [7, 11) is 0. The standard InChI is InChI=1S/C37H21S3/c1-4-10-22-25(13-7-1)35-28(16-19-38-35)31(22)34(32-23-11-5-2-8-14-26(23)36-29(32)17-20-39-36)33-24-12-6-3-9-15-27(24)37-30(33)18-21-40-37/h1-21H/q+1. The van der Waals surface area contributed by atoms with Crippen molar-refractivity contribution >= 4 is 64.3 Å². The Morgan fingerprint density at radius 1 is 0.325 bits per heavy atom. The largest absolute Gasteiger partial charge is 0.136 e. The van der Waals surface area contributed by atoms with Crippen molar-refractivity contribution in [1.82, 2.24) is 0 Å². The lowest BCUT2D eigenvalue weighted by Crippen LogP contribution is -2.06. The van der Waals surface area contributed by atoms with Gasteiger partial charge in [0, 0.05) is 49.5 Å². The van der Waals surface area contributed by atoms with Gasteiger partial charge in [0.05, 0.1) is 36.7 Å². The number of thiophene rings is 3. The Balaban J connectivity index is 1.52. The summed E-state index contributed by atoms with van der Waals surface area (Å²) in [4.78, 5) is 0. The quantitative estimate of drug-likeness (QED) is 0.188. The maximum absolute atomic E-state index is 2.33. The van der Waals surface area contributed by atoms with Gasteiger partial charge < -0.3 is 0 Å². The summed E-state index contributed by atoms with van der Waals surface area (Å²) >= 11 is 5.55. The highest BCUT2D eigenvalue weighted by molar-refractivity contribution is 7.18. The normalized spacial score (nSPS) is 12.0. The van der Waals surface area contributed by atoms with E-state index in [9.17, 15) is 0 Å². The Morgan fingerprint density at radius 2 is 0.625 bits per heavy atom. The molecule has 0 unspecified atom stereocenters. The molecule has 0 aromatic carbocycles. The molecule has 0 amide bonds. The van der Waals surface area contributed by atoms with Crippen molar-refractivity contribution in [1.29, 1.82) is 0 Å². The molecule has 0 fully saturated rings. The van der Waals surface area contributed by atoms with Gasteiger partial charge in [0.2, 0.25) is 0 Å². The van der Waals surface area contributed by atoms with Crippen LogP contribution in [0.25, 0.3) is 63.6 Å². The van der Waals surface area contributed by atoms with E-state index in [1.54, 1.807) is 0 Å². The Hall–Kier alpha value is -4.15. The molecule has 0 aliphatic heterocycles. The van der Waals surface area contributed by atoms with Crippen molar-refractivity contribution in [3.8, 4) is 33.4 Å². The smallest absolute Gasteiger partial charge is 0.0723 e. The SMILES string of the molecule is c1ccc2c([C+](c3c4cccccc-4c4sccc34)c3c4cccccc-4c4sccc34)c3ccsc3c-2cc1. The van der Waals surface area contributed by atoms with Gasteiger partial charge in [-0.05, 0) is 70.7 Å². The molecule has 186 valence electrons. The van der Waals surface area contributed by atoms with Crippen LogP contribution >= 0.6 is 34.0 Å². The summed E-state index contributed by atoms with van der Waals surface area (Å²) < 4.78 is 4.10. The van der Waals surface area contributed by atoms with Gasteiger partial charge in [-0.3, -0.25) is 0 Å². The first kappa shape index (κ1) is 22.6. The molecule has 0 atom stereocenters. The van der Waals surface area contributed by atoms with Gasteiger partial charge >= 0.3 is 0 Å². The molecular weight excluding hydrogens is 541 g/mol. The first-order valence-electron chi connectivity index (χ1n) is 13.4. The molecule has 0 nitrogen and oxygen atoms in total. The lowest BCUT2D eigenvalue weighted by molar-refractivity contribution is 1.32. The Bertz CT molecular complexity index is 1990. The van der Waals surface area contributed by atoms with Gasteiger partial charge in [-0.25, -0.2) is 0 Å². The van der Waals surface area contributed by atoms with Crippen LogP contribution in [-0.2, 0) is 0 Å². The number of hydrogen-bond donors (Lipinski definition) is 0. The molecule has 0 saturated carbocycles. The van der Waals surface area contributed by atoms with E-state index in [0.29, 0.717) is 0 Å². The summed E-state index contributed by atoms with van der Waals surface area (Å²) in [6.07, 6.45) is 0. The molecule has 3 heterocycles. The van der Waals surface area contributed by atoms with Crippen molar-refractivity contribution < 1.29 is 0 Å². The average molecular weight is 562 g/mol. The lowest BCUT2D eigenvalue weighted by atomic mass is 9.80. The molecule has 0 radical (unpaired) electrons. The zero-order valence-electron chi connectivity index (χ0n) is 21.3. The summed E-state index contributed by atoms with van der Waals surface area (Å²) in [5.74, 6) is 1.35. The van der Waals surface area contributed by atoms with Crippen LogP contribution in [0.2, 0.25) is 0 Å². The maximum Gasteiger partial charge on any atom is 0.0723 e. The summed E-state index contributed by atoms with van der Waals surface area (Å²) in [6, 6.07) is 40.4. The van der Waals surface area contributed by atoms with Gasteiger partial charge in [-0.1, -0.05) is 54.6 Å². The van der Waals surface area contributed by atoms with E-state index in [2.05, 4.69) is 125 Å². The molecule has 9 rings (SSSR count). The number of fused-ring (bicyclic) bond motifs is 9. The number of rotatable bonds is 3. The van der Waals surface area contributed by atoms with Crippen LogP contribution in [-0.4, -0.2) is 0 Å². The van der Waals surface area contributed by atoms with Crippen molar-refractivity contribution in [2.75, 3.05) is 0 Å². The molecular formula is C37H21S3+. The van der Waals surface area contributed by atoms with Crippen LogP contribution in [0.1, 0.15) is 16.7 Å². The molecule has 0 N–H and O–H groups in total. The fourth-order valence-electron chi connectivity index (χ4n) is 6.65. The Labute approximate surface area is 244 Å². The Morgan fingerprint density at radius 3 is 0.950 bits per heavy atom. The first-order valence-corrected chi connectivity index (χ1v) is 16.1. The predicted octanol–water partition coefficient (Wildman–Crippen LogP) is 11.7. The second kappa shape index (κ2) is 8.67. The molecule has 3 aromatic rings. The lowest BCUT2D eigenvalue weighted by Gasteiger charge is -2.16. The minimum absolute atomic E-state index is 1.32. The fourth-order valence-corrected chi connectivity index (χ4v) is 9.48. The Kier molecular flexibility index (Phi) is 4.91. The summed E-state index contributed by atoms with van der Waals surface area (Å²) in [6.45, 7) is 0. The fraction of sp³-hybridized carbons (Fsp3) is 0. The molecule has 6 aliphatic carbocycles. The zero-order valence-corrected chi connectivity index (χ0v) is 23.8. The zero-order chi connectivity index (χ0) is 26.2. The van der Waals surface area contributed by atoms with E-state index in [1.165, 1.54) is 86.2 Å². The van der Waals surface area contributed by atoms with Gasteiger partial charge in [0.15, 0.2) is 0 Å². The average Bonchev–Trinajstić information content (AvgIpc) is 3.76. The maximum atomic E-state index is 2.33. The third-order valence-corrected chi connectivity index (χ3v) is 11.1. The van der Waals surface area contributed by atoms with Gasteiger partial charge in [-0.2, -0.15) is 0 Å². The molecule has 40 heavy (non-hydrogen) atoms. The van der Waals surface area contributed by atoms with Crippen LogP contribution < -0.4 is 0 Å². The summed E-state index contributed by atoms with van der Waals surface area (Å²) in [5, 5.41) is 10.8. The minimum atomic E-state index is 1.32. The van der Waals surface area contributed by atoms with E-state index in [-0.39, 0.29) is 0 Å². The van der Waals surface area contributed by atoms with Crippen LogP contribution in [0.5, 0.6) is 0 Å². The molecule has 0 saturated heterocycles. The van der Waals surface area contributed by atoms with Gasteiger partial charge in [-0.15, -0.1) is 34.0 Å². The highest BCUT2D eigenvalue weighted by Gasteiger charge is 2.41. The third kappa shape index (κ3) is 3.03. The molecule has 3 aromatic heterocycles.